The van der Waals surface area contributed by atoms with E-state index in [1.165, 1.54) is 12.4 Å². The summed E-state index contributed by atoms with van der Waals surface area (Å²) in [5.41, 5.74) is 4.18. The van der Waals surface area contributed by atoms with E-state index in [-0.39, 0.29) is 0 Å². The summed E-state index contributed by atoms with van der Waals surface area (Å²) in [6.07, 6.45) is 5.44. The maximum Gasteiger partial charge on any atom is 0.328 e. The van der Waals surface area contributed by atoms with Crippen molar-refractivity contribution in [2.75, 3.05) is 0 Å². The first kappa shape index (κ1) is 12.4. The second-order valence-corrected chi connectivity index (χ2v) is 3.00. The number of rotatable bonds is 5. The fourth-order valence-electron chi connectivity index (χ4n) is 1.04. The molecule has 0 bridgehead atoms. The van der Waals surface area contributed by atoms with Gasteiger partial charge in [-0.3, -0.25) is 5.43 Å². The topological polar surface area (TPSA) is 100 Å². The van der Waals surface area contributed by atoms with Crippen LogP contribution in [-0.2, 0) is 4.79 Å². The number of benzene rings is 1. The maximum atomic E-state index is 10.3. The number of hydrogen-bond acceptors (Lipinski definition) is 4. The highest BCUT2D eigenvalue weighted by atomic mass is 16.4. The Morgan fingerprint density at radius 3 is 2.53 bits per heavy atom. The van der Waals surface area contributed by atoms with Gasteiger partial charge in [0.05, 0.1) is 6.21 Å². The predicted molar refractivity (Wildman–Crippen MR) is 66.5 cm³/mol. The van der Waals surface area contributed by atoms with Gasteiger partial charge in [-0.25, -0.2) is 4.79 Å². The SMILES string of the molecule is NN=CNN=Cc1ccc(C=CC(=O)O)cc1. The summed E-state index contributed by atoms with van der Waals surface area (Å²) in [4.78, 5) is 10.3. The van der Waals surface area contributed by atoms with Crippen LogP contribution in [0.5, 0.6) is 0 Å². The Labute approximate surface area is 98.1 Å². The third-order valence-corrected chi connectivity index (χ3v) is 1.78. The summed E-state index contributed by atoms with van der Waals surface area (Å²) in [6.45, 7) is 0. The zero-order valence-corrected chi connectivity index (χ0v) is 8.95. The van der Waals surface area contributed by atoms with Crippen LogP contribution in [0.25, 0.3) is 6.08 Å². The predicted octanol–water partition coefficient (Wildman–Crippen LogP) is 0.610. The summed E-state index contributed by atoms with van der Waals surface area (Å²) < 4.78 is 0. The average molecular weight is 232 g/mol. The van der Waals surface area contributed by atoms with Gasteiger partial charge >= 0.3 is 5.97 Å². The number of carboxylic acids is 1. The molecule has 0 aromatic heterocycles. The molecule has 1 rings (SSSR count). The molecule has 0 aliphatic heterocycles. The van der Waals surface area contributed by atoms with Gasteiger partial charge in [0.2, 0.25) is 0 Å². The molecule has 0 aliphatic rings. The van der Waals surface area contributed by atoms with Crippen LogP contribution in [0, 0.1) is 0 Å². The molecule has 88 valence electrons. The molecule has 0 unspecified atom stereocenters. The zero-order chi connectivity index (χ0) is 12.5. The Kier molecular flexibility index (Phi) is 4.96. The minimum Gasteiger partial charge on any atom is -0.478 e. The largest absolute Gasteiger partial charge is 0.478 e. The molecule has 6 nitrogen and oxygen atoms in total. The van der Waals surface area contributed by atoms with Crippen molar-refractivity contribution in [2.45, 2.75) is 0 Å². The Morgan fingerprint density at radius 1 is 1.29 bits per heavy atom. The van der Waals surface area contributed by atoms with E-state index in [2.05, 4.69) is 15.6 Å². The van der Waals surface area contributed by atoms with Crippen LogP contribution in [0.15, 0.2) is 40.5 Å². The quantitative estimate of drug-likeness (QED) is 0.227. The minimum atomic E-state index is -0.971. The molecule has 6 heteroatoms. The first-order chi connectivity index (χ1) is 8.22. The molecule has 4 N–H and O–H groups in total. The number of nitrogens with zero attached hydrogens (tertiary/aromatic N) is 2. The summed E-state index contributed by atoms with van der Waals surface area (Å²) >= 11 is 0. The van der Waals surface area contributed by atoms with Crippen molar-refractivity contribution >= 4 is 24.6 Å². The van der Waals surface area contributed by atoms with E-state index in [0.717, 1.165) is 17.2 Å². The van der Waals surface area contributed by atoms with E-state index in [9.17, 15) is 4.79 Å². The summed E-state index contributed by atoms with van der Waals surface area (Å²) in [7, 11) is 0. The maximum absolute atomic E-state index is 10.3. The third-order valence-electron chi connectivity index (χ3n) is 1.78. The normalized spacial score (nSPS) is 11.5. The van der Waals surface area contributed by atoms with Crippen molar-refractivity contribution in [1.82, 2.24) is 5.43 Å². The van der Waals surface area contributed by atoms with Gasteiger partial charge in [-0.05, 0) is 17.2 Å². The molecule has 0 radical (unpaired) electrons. The van der Waals surface area contributed by atoms with E-state index in [1.807, 2.05) is 12.1 Å². The van der Waals surface area contributed by atoms with Crippen molar-refractivity contribution in [3.63, 3.8) is 0 Å². The van der Waals surface area contributed by atoms with Crippen molar-refractivity contribution < 1.29 is 9.90 Å². The van der Waals surface area contributed by atoms with Gasteiger partial charge in [0.1, 0.15) is 6.34 Å². The Hall–Kier alpha value is -2.63. The first-order valence-corrected chi connectivity index (χ1v) is 4.74. The number of carbonyl (C=O) groups is 1. The number of nitrogens with one attached hydrogen (secondary N) is 1. The lowest BCUT2D eigenvalue weighted by Crippen LogP contribution is -2.03. The Morgan fingerprint density at radius 2 is 1.94 bits per heavy atom. The summed E-state index contributed by atoms with van der Waals surface area (Å²) in [5.74, 6) is 3.89. The summed E-state index contributed by atoms with van der Waals surface area (Å²) in [5, 5.41) is 15.5. The highest BCUT2D eigenvalue weighted by Crippen LogP contribution is 2.04. The number of nitrogens with two attached hydrogens (primary N) is 1. The molecule has 17 heavy (non-hydrogen) atoms. The molecular formula is C11H12N4O2. The van der Waals surface area contributed by atoms with E-state index >= 15 is 0 Å². The summed E-state index contributed by atoms with van der Waals surface area (Å²) in [6, 6.07) is 7.20. The number of hydrazone groups is 2. The Bertz CT molecular complexity index is 449. The molecule has 0 fully saturated rings. The number of hydrogen-bond donors (Lipinski definition) is 3. The highest BCUT2D eigenvalue weighted by molar-refractivity contribution is 5.85. The first-order valence-electron chi connectivity index (χ1n) is 4.74. The number of carboxylic acid groups (broad SMARTS) is 1. The van der Waals surface area contributed by atoms with Crippen LogP contribution in [0.1, 0.15) is 11.1 Å². The molecule has 0 amide bonds. The van der Waals surface area contributed by atoms with Crippen molar-refractivity contribution in [1.29, 1.82) is 0 Å². The van der Waals surface area contributed by atoms with E-state index in [0.29, 0.717) is 0 Å². The van der Waals surface area contributed by atoms with Gasteiger partial charge in [-0.15, -0.1) is 0 Å². The lowest BCUT2D eigenvalue weighted by molar-refractivity contribution is -0.131. The molecular weight excluding hydrogens is 220 g/mol. The van der Waals surface area contributed by atoms with Gasteiger partial charge in [-0.1, -0.05) is 24.3 Å². The average Bonchev–Trinajstić information content (AvgIpc) is 2.33. The van der Waals surface area contributed by atoms with Crippen LogP contribution >= 0.6 is 0 Å². The van der Waals surface area contributed by atoms with Gasteiger partial charge in [0.25, 0.3) is 0 Å². The lowest BCUT2D eigenvalue weighted by Gasteiger charge is -1.95. The molecule has 0 saturated carbocycles. The van der Waals surface area contributed by atoms with Crippen molar-refractivity contribution in [3.8, 4) is 0 Å². The van der Waals surface area contributed by atoms with Gasteiger partial charge in [0.15, 0.2) is 0 Å². The number of aliphatic carboxylic acids is 1. The van der Waals surface area contributed by atoms with E-state index in [4.69, 9.17) is 10.9 Å². The fraction of sp³-hybridized carbons (Fsp3) is 0. The second-order valence-electron chi connectivity index (χ2n) is 3.00. The zero-order valence-electron chi connectivity index (χ0n) is 8.95. The Balaban J connectivity index is 2.61. The third kappa shape index (κ3) is 5.12. The molecule has 0 atom stereocenters. The fourth-order valence-corrected chi connectivity index (χ4v) is 1.04. The highest BCUT2D eigenvalue weighted by Gasteiger charge is 1.90. The van der Waals surface area contributed by atoms with Gasteiger partial charge < -0.3 is 10.9 Å². The monoisotopic (exact) mass is 232 g/mol. The van der Waals surface area contributed by atoms with Crippen LogP contribution < -0.4 is 11.3 Å². The molecule has 0 aliphatic carbocycles. The van der Waals surface area contributed by atoms with Crippen LogP contribution in [-0.4, -0.2) is 23.6 Å². The van der Waals surface area contributed by atoms with Crippen molar-refractivity contribution in [2.24, 2.45) is 16.0 Å². The lowest BCUT2D eigenvalue weighted by atomic mass is 10.1. The molecule has 0 saturated heterocycles. The molecule has 0 heterocycles. The standard InChI is InChI=1S/C11H12N4O2/c12-13-8-15-14-7-10-3-1-9(2-4-10)5-6-11(16)17/h1-8H,12H2,(H,13,15)(H,16,17). The van der Waals surface area contributed by atoms with Crippen LogP contribution in [0.3, 0.4) is 0 Å². The smallest absolute Gasteiger partial charge is 0.328 e. The van der Waals surface area contributed by atoms with E-state index in [1.54, 1.807) is 18.3 Å². The van der Waals surface area contributed by atoms with Gasteiger partial charge in [-0.2, -0.15) is 10.2 Å². The van der Waals surface area contributed by atoms with E-state index < -0.39 is 5.97 Å². The van der Waals surface area contributed by atoms with Crippen molar-refractivity contribution in [3.05, 3.63) is 41.5 Å². The molecule has 0 spiro atoms. The molecule has 1 aromatic carbocycles. The van der Waals surface area contributed by atoms with Gasteiger partial charge in [0, 0.05) is 6.08 Å². The molecule has 1 aromatic rings. The van der Waals surface area contributed by atoms with Crippen LogP contribution in [0.2, 0.25) is 0 Å². The second kappa shape index (κ2) is 6.78. The minimum absolute atomic E-state index is 0.807. The van der Waals surface area contributed by atoms with Crippen LogP contribution in [0.4, 0.5) is 0 Å².